The van der Waals surface area contributed by atoms with Crippen molar-refractivity contribution in [2.24, 2.45) is 0 Å². The second-order valence-electron chi connectivity index (χ2n) is 3.19. The Kier molecular flexibility index (Phi) is 3.80. The zero-order chi connectivity index (χ0) is 11.4. The van der Waals surface area contributed by atoms with E-state index in [-0.39, 0.29) is 0 Å². The molecule has 0 fully saturated rings. The van der Waals surface area contributed by atoms with Crippen LogP contribution < -0.4 is 4.74 Å². The predicted octanol–water partition coefficient (Wildman–Crippen LogP) is 3.95. The van der Waals surface area contributed by atoms with Crippen molar-refractivity contribution < 1.29 is 4.74 Å². The number of aromatic nitrogens is 1. The summed E-state index contributed by atoms with van der Waals surface area (Å²) >= 11 is 7.32. The molecule has 2 rings (SSSR count). The average molecular weight is 254 g/mol. The van der Waals surface area contributed by atoms with Gasteiger partial charge < -0.3 is 4.74 Å². The summed E-state index contributed by atoms with van der Waals surface area (Å²) in [6, 6.07) is 7.91. The zero-order valence-electron chi connectivity index (χ0n) is 8.94. The van der Waals surface area contributed by atoms with Gasteiger partial charge in [-0.2, -0.15) is 0 Å². The van der Waals surface area contributed by atoms with Crippen LogP contribution >= 0.6 is 22.9 Å². The molecule has 0 N–H and O–H groups in total. The quantitative estimate of drug-likeness (QED) is 0.770. The van der Waals surface area contributed by atoms with Crippen molar-refractivity contribution in [2.75, 3.05) is 6.61 Å². The van der Waals surface area contributed by atoms with Gasteiger partial charge in [0.2, 0.25) is 0 Å². The van der Waals surface area contributed by atoms with E-state index in [2.05, 4.69) is 4.98 Å². The number of alkyl halides is 1. The predicted molar refractivity (Wildman–Crippen MR) is 68.3 cm³/mol. The molecular weight excluding hydrogens is 242 g/mol. The van der Waals surface area contributed by atoms with E-state index in [0.29, 0.717) is 12.5 Å². The van der Waals surface area contributed by atoms with Gasteiger partial charge in [-0.15, -0.1) is 22.9 Å². The average Bonchev–Trinajstić information content (AvgIpc) is 2.79. The number of rotatable bonds is 4. The Morgan fingerprint density at radius 2 is 2.19 bits per heavy atom. The molecule has 1 aromatic heterocycles. The fourth-order valence-electron chi connectivity index (χ4n) is 1.46. The van der Waals surface area contributed by atoms with E-state index in [0.717, 1.165) is 22.0 Å². The maximum absolute atomic E-state index is 5.75. The summed E-state index contributed by atoms with van der Waals surface area (Å²) in [4.78, 5) is 4.45. The number of benzene rings is 1. The van der Waals surface area contributed by atoms with Crippen LogP contribution in [0, 0.1) is 0 Å². The summed E-state index contributed by atoms with van der Waals surface area (Å²) in [6.45, 7) is 2.63. The molecule has 0 saturated carbocycles. The molecule has 2 nitrogen and oxygen atoms in total. The molecule has 4 heteroatoms. The van der Waals surface area contributed by atoms with Crippen LogP contribution in [0.15, 0.2) is 29.6 Å². The van der Waals surface area contributed by atoms with Gasteiger partial charge in [-0.3, -0.25) is 0 Å². The Morgan fingerprint density at radius 3 is 2.88 bits per heavy atom. The number of hydrogen-bond acceptors (Lipinski definition) is 3. The molecule has 0 aliphatic carbocycles. The standard InChI is InChI=1S/C12H12ClNOS/c1-2-15-11-6-4-3-5-9(11)10-8-16-12(7-13)14-10/h3-6,8H,2,7H2,1H3. The molecular formula is C12H12ClNOS. The molecule has 0 bridgehead atoms. The number of thiazole rings is 1. The first-order chi connectivity index (χ1) is 7.85. The van der Waals surface area contributed by atoms with Crippen LogP contribution in [0.4, 0.5) is 0 Å². The van der Waals surface area contributed by atoms with Crippen LogP contribution in [0.25, 0.3) is 11.3 Å². The molecule has 84 valence electrons. The lowest BCUT2D eigenvalue weighted by molar-refractivity contribution is 0.341. The van der Waals surface area contributed by atoms with Gasteiger partial charge in [0, 0.05) is 10.9 Å². The highest BCUT2D eigenvalue weighted by atomic mass is 35.5. The van der Waals surface area contributed by atoms with E-state index < -0.39 is 0 Å². The van der Waals surface area contributed by atoms with Crippen molar-refractivity contribution in [1.82, 2.24) is 4.98 Å². The van der Waals surface area contributed by atoms with E-state index in [1.807, 2.05) is 36.6 Å². The summed E-state index contributed by atoms with van der Waals surface area (Å²) in [5, 5.41) is 2.94. The molecule has 0 saturated heterocycles. The first-order valence-electron chi connectivity index (χ1n) is 5.07. The molecule has 1 aromatic carbocycles. The van der Waals surface area contributed by atoms with Crippen molar-refractivity contribution in [2.45, 2.75) is 12.8 Å². The first-order valence-corrected chi connectivity index (χ1v) is 6.49. The largest absolute Gasteiger partial charge is 0.493 e. The minimum absolute atomic E-state index is 0.460. The smallest absolute Gasteiger partial charge is 0.128 e. The fraction of sp³-hybridized carbons (Fsp3) is 0.250. The van der Waals surface area contributed by atoms with Crippen molar-refractivity contribution in [1.29, 1.82) is 0 Å². The molecule has 2 aromatic rings. The van der Waals surface area contributed by atoms with E-state index in [4.69, 9.17) is 16.3 Å². The molecule has 0 atom stereocenters. The van der Waals surface area contributed by atoms with Gasteiger partial charge in [0.05, 0.1) is 18.2 Å². The lowest BCUT2D eigenvalue weighted by Crippen LogP contribution is -1.93. The van der Waals surface area contributed by atoms with Crippen LogP contribution in [-0.4, -0.2) is 11.6 Å². The van der Waals surface area contributed by atoms with Gasteiger partial charge in [0.15, 0.2) is 0 Å². The number of nitrogens with zero attached hydrogens (tertiary/aromatic N) is 1. The Morgan fingerprint density at radius 1 is 1.38 bits per heavy atom. The molecule has 0 spiro atoms. The topological polar surface area (TPSA) is 22.1 Å². The van der Waals surface area contributed by atoms with Crippen molar-refractivity contribution in [3.63, 3.8) is 0 Å². The monoisotopic (exact) mass is 253 g/mol. The molecule has 0 aliphatic rings. The molecule has 0 radical (unpaired) electrons. The fourth-order valence-corrected chi connectivity index (χ4v) is 2.35. The third kappa shape index (κ3) is 2.36. The summed E-state index contributed by atoms with van der Waals surface area (Å²) < 4.78 is 5.57. The van der Waals surface area contributed by atoms with Gasteiger partial charge in [-0.05, 0) is 19.1 Å². The number of hydrogen-bond donors (Lipinski definition) is 0. The van der Waals surface area contributed by atoms with E-state index in [9.17, 15) is 0 Å². The Bertz CT molecular complexity index is 470. The van der Waals surface area contributed by atoms with Gasteiger partial charge in [0.25, 0.3) is 0 Å². The van der Waals surface area contributed by atoms with Crippen LogP contribution in [-0.2, 0) is 5.88 Å². The second kappa shape index (κ2) is 5.32. The van der Waals surface area contributed by atoms with Gasteiger partial charge in [0.1, 0.15) is 10.8 Å². The van der Waals surface area contributed by atoms with E-state index in [1.165, 1.54) is 0 Å². The highest BCUT2D eigenvalue weighted by molar-refractivity contribution is 7.10. The minimum Gasteiger partial charge on any atom is -0.493 e. The summed E-state index contributed by atoms with van der Waals surface area (Å²) in [7, 11) is 0. The lowest BCUT2D eigenvalue weighted by Gasteiger charge is -2.07. The van der Waals surface area contributed by atoms with Gasteiger partial charge in [-0.25, -0.2) is 4.98 Å². The van der Waals surface area contributed by atoms with Crippen molar-refractivity contribution in [3.05, 3.63) is 34.7 Å². The van der Waals surface area contributed by atoms with Gasteiger partial charge >= 0.3 is 0 Å². The van der Waals surface area contributed by atoms with Gasteiger partial charge in [-0.1, -0.05) is 12.1 Å². The maximum Gasteiger partial charge on any atom is 0.128 e. The summed E-state index contributed by atoms with van der Waals surface area (Å²) in [6.07, 6.45) is 0. The van der Waals surface area contributed by atoms with E-state index >= 15 is 0 Å². The third-order valence-corrected chi connectivity index (χ3v) is 3.39. The molecule has 0 aliphatic heterocycles. The highest BCUT2D eigenvalue weighted by Crippen LogP contribution is 2.30. The van der Waals surface area contributed by atoms with Crippen molar-refractivity contribution >= 4 is 22.9 Å². The second-order valence-corrected chi connectivity index (χ2v) is 4.40. The highest BCUT2D eigenvalue weighted by Gasteiger charge is 2.08. The third-order valence-electron chi connectivity index (χ3n) is 2.13. The van der Waals surface area contributed by atoms with E-state index in [1.54, 1.807) is 11.3 Å². The summed E-state index contributed by atoms with van der Waals surface area (Å²) in [5.41, 5.74) is 1.96. The van der Waals surface area contributed by atoms with Crippen molar-refractivity contribution in [3.8, 4) is 17.0 Å². The first kappa shape index (κ1) is 11.4. The molecule has 16 heavy (non-hydrogen) atoms. The van der Waals surface area contributed by atoms with Crippen LogP contribution in [0.3, 0.4) is 0 Å². The van der Waals surface area contributed by atoms with Crippen LogP contribution in [0.5, 0.6) is 5.75 Å². The normalized spacial score (nSPS) is 10.4. The Balaban J connectivity index is 2.38. The SMILES string of the molecule is CCOc1ccccc1-c1csc(CCl)n1. The Hall–Kier alpha value is -1.06. The maximum atomic E-state index is 5.75. The summed E-state index contributed by atoms with van der Waals surface area (Å²) in [5.74, 6) is 1.33. The lowest BCUT2D eigenvalue weighted by atomic mass is 10.1. The van der Waals surface area contributed by atoms with Crippen LogP contribution in [0.1, 0.15) is 11.9 Å². The number of ether oxygens (including phenoxy) is 1. The minimum atomic E-state index is 0.460. The Labute approximate surface area is 104 Å². The number of para-hydroxylation sites is 1. The zero-order valence-corrected chi connectivity index (χ0v) is 10.5. The van der Waals surface area contributed by atoms with Crippen LogP contribution in [0.2, 0.25) is 0 Å². The number of halogens is 1. The molecule has 0 amide bonds. The molecule has 1 heterocycles. The molecule has 0 unspecified atom stereocenters.